The first-order valence-corrected chi connectivity index (χ1v) is 11.4. The number of amides is 2. The molecule has 2 aliphatic rings. The Morgan fingerprint density at radius 1 is 1.19 bits per heavy atom. The van der Waals surface area contributed by atoms with E-state index >= 15 is 0 Å². The molecule has 0 spiro atoms. The van der Waals surface area contributed by atoms with Gasteiger partial charge in [0.05, 0.1) is 5.69 Å². The van der Waals surface area contributed by atoms with Crippen LogP contribution < -0.4 is 9.64 Å². The summed E-state index contributed by atoms with van der Waals surface area (Å²) in [6.45, 7) is 9.56. The summed E-state index contributed by atoms with van der Waals surface area (Å²) in [5.41, 5.74) is 1.91. The van der Waals surface area contributed by atoms with Gasteiger partial charge in [-0.25, -0.2) is 0 Å². The highest BCUT2D eigenvalue weighted by Gasteiger charge is 2.41. The van der Waals surface area contributed by atoms with Crippen LogP contribution in [0.15, 0.2) is 48.8 Å². The van der Waals surface area contributed by atoms with Crippen LogP contribution in [0.4, 0.5) is 5.69 Å². The van der Waals surface area contributed by atoms with Gasteiger partial charge < -0.3 is 9.64 Å². The molecule has 0 aliphatic carbocycles. The lowest BCUT2D eigenvalue weighted by Gasteiger charge is -2.48. The molecular weight excluding hydrogens is 404 g/mol. The molecule has 1 atom stereocenters. The van der Waals surface area contributed by atoms with Gasteiger partial charge in [0.15, 0.2) is 6.61 Å². The van der Waals surface area contributed by atoms with E-state index in [1.165, 1.54) is 5.56 Å². The van der Waals surface area contributed by atoms with Gasteiger partial charge >= 0.3 is 0 Å². The molecule has 170 valence electrons. The monoisotopic (exact) mass is 436 g/mol. The Bertz CT molecular complexity index is 943. The van der Waals surface area contributed by atoms with Crippen molar-refractivity contribution in [2.45, 2.75) is 45.8 Å². The van der Waals surface area contributed by atoms with Gasteiger partial charge in [0, 0.05) is 44.6 Å². The van der Waals surface area contributed by atoms with Crippen LogP contribution in [0, 0.1) is 5.92 Å². The predicted octanol–water partition coefficient (Wildman–Crippen LogP) is 2.95. The average Bonchev–Trinajstić information content (AvgIpc) is 2.75. The standard InChI is InChI=1S/C25H32N4O3/c1-4-21(29-22-7-5-6-8-23(22)32-17-24(29)30)25(31)28-15-20(16-28)27(13-18(2)3)14-19-9-11-26-12-10-19/h5-12,18,20-21H,4,13-17H2,1-3H3. The van der Waals surface area contributed by atoms with Gasteiger partial charge in [0.1, 0.15) is 11.8 Å². The molecule has 2 amide bonds. The van der Waals surface area contributed by atoms with Crippen molar-refractivity contribution < 1.29 is 14.3 Å². The molecule has 0 radical (unpaired) electrons. The minimum Gasteiger partial charge on any atom is -0.482 e. The van der Waals surface area contributed by atoms with Crippen LogP contribution in [0.5, 0.6) is 5.75 Å². The van der Waals surface area contributed by atoms with E-state index in [-0.39, 0.29) is 18.4 Å². The fraction of sp³-hybridized carbons (Fsp3) is 0.480. The number of para-hydroxylation sites is 2. The number of pyridine rings is 1. The highest BCUT2D eigenvalue weighted by Crippen LogP contribution is 2.34. The Morgan fingerprint density at radius 3 is 2.59 bits per heavy atom. The largest absolute Gasteiger partial charge is 0.482 e. The SMILES string of the molecule is CCC(C(=O)N1CC(N(Cc2ccncc2)CC(C)C)C1)N1C(=O)COc2ccccc21. The van der Waals surface area contributed by atoms with Crippen molar-refractivity contribution >= 4 is 17.5 Å². The fourth-order valence-electron chi connectivity index (χ4n) is 4.54. The molecule has 1 unspecified atom stereocenters. The molecule has 2 aliphatic heterocycles. The Kier molecular flexibility index (Phi) is 6.74. The molecule has 0 N–H and O–H groups in total. The first kappa shape index (κ1) is 22.3. The number of nitrogens with zero attached hydrogens (tertiary/aromatic N) is 4. The summed E-state index contributed by atoms with van der Waals surface area (Å²) >= 11 is 0. The zero-order valence-corrected chi connectivity index (χ0v) is 19.1. The van der Waals surface area contributed by atoms with Crippen LogP contribution in [0.3, 0.4) is 0 Å². The van der Waals surface area contributed by atoms with Crippen LogP contribution in [0.2, 0.25) is 0 Å². The van der Waals surface area contributed by atoms with Gasteiger partial charge in [-0.05, 0) is 42.2 Å². The number of rotatable bonds is 8. The molecule has 7 nitrogen and oxygen atoms in total. The van der Waals surface area contributed by atoms with Gasteiger partial charge in [-0.15, -0.1) is 0 Å². The third-order valence-electron chi connectivity index (χ3n) is 6.15. The fourth-order valence-corrected chi connectivity index (χ4v) is 4.54. The maximum atomic E-state index is 13.4. The number of fused-ring (bicyclic) bond motifs is 1. The lowest BCUT2D eigenvalue weighted by molar-refractivity contribution is -0.142. The molecule has 1 aromatic carbocycles. The molecule has 1 aromatic heterocycles. The van der Waals surface area contributed by atoms with Crippen LogP contribution in [0.1, 0.15) is 32.8 Å². The third kappa shape index (κ3) is 4.63. The lowest BCUT2D eigenvalue weighted by Crippen LogP contribution is -2.65. The van der Waals surface area contributed by atoms with Crippen molar-refractivity contribution in [2.75, 3.05) is 31.1 Å². The van der Waals surface area contributed by atoms with Crippen LogP contribution >= 0.6 is 0 Å². The molecule has 2 aromatic rings. The van der Waals surface area contributed by atoms with Crippen molar-refractivity contribution in [3.8, 4) is 5.75 Å². The summed E-state index contributed by atoms with van der Waals surface area (Å²) in [7, 11) is 0. The van der Waals surface area contributed by atoms with E-state index in [2.05, 4.69) is 23.7 Å². The lowest BCUT2D eigenvalue weighted by atomic mass is 10.0. The second-order valence-corrected chi connectivity index (χ2v) is 9.02. The summed E-state index contributed by atoms with van der Waals surface area (Å²) in [4.78, 5) is 36.2. The molecule has 1 saturated heterocycles. The van der Waals surface area contributed by atoms with Crippen molar-refractivity contribution in [3.05, 3.63) is 54.4 Å². The number of carbonyl (C=O) groups excluding carboxylic acids is 2. The number of hydrogen-bond acceptors (Lipinski definition) is 5. The van der Waals surface area contributed by atoms with E-state index in [1.54, 1.807) is 4.90 Å². The zero-order chi connectivity index (χ0) is 22.7. The Morgan fingerprint density at radius 2 is 1.91 bits per heavy atom. The molecular formula is C25H32N4O3. The molecule has 4 rings (SSSR count). The molecule has 32 heavy (non-hydrogen) atoms. The van der Waals surface area contributed by atoms with E-state index in [0.717, 1.165) is 13.1 Å². The quantitative estimate of drug-likeness (QED) is 0.637. The minimum atomic E-state index is -0.507. The average molecular weight is 437 g/mol. The Labute approximate surface area is 190 Å². The Balaban J connectivity index is 1.44. The van der Waals surface area contributed by atoms with Gasteiger partial charge in [0.2, 0.25) is 5.91 Å². The number of likely N-dealkylation sites (tertiary alicyclic amines) is 1. The maximum Gasteiger partial charge on any atom is 0.265 e. The van der Waals surface area contributed by atoms with Crippen molar-refractivity contribution in [2.24, 2.45) is 5.92 Å². The summed E-state index contributed by atoms with van der Waals surface area (Å²) in [6.07, 6.45) is 4.21. The normalized spacial score (nSPS) is 17.2. The summed E-state index contributed by atoms with van der Waals surface area (Å²) in [6, 6.07) is 11.3. The van der Waals surface area contributed by atoms with E-state index in [1.807, 2.05) is 60.6 Å². The van der Waals surface area contributed by atoms with E-state index in [0.29, 0.717) is 42.9 Å². The number of carbonyl (C=O) groups is 2. The summed E-state index contributed by atoms with van der Waals surface area (Å²) in [5, 5.41) is 0. The molecule has 1 fully saturated rings. The highest BCUT2D eigenvalue weighted by molar-refractivity contribution is 6.04. The number of anilines is 1. The first-order chi connectivity index (χ1) is 15.5. The third-order valence-corrected chi connectivity index (χ3v) is 6.15. The zero-order valence-electron chi connectivity index (χ0n) is 19.1. The Hall–Kier alpha value is -2.93. The van der Waals surface area contributed by atoms with Crippen molar-refractivity contribution in [1.82, 2.24) is 14.8 Å². The predicted molar refractivity (Wildman–Crippen MR) is 123 cm³/mol. The maximum absolute atomic E-state index is 13.4. The van der Waals surface area contributed by atoms with Crippen molar-refractivity contribution in [1.29, 1.82) is 0 Å². The highest BCUT2D eigenvalue weighted by atomic mass is 16.5. The van der Waals surface area contributed by atoms with Gasteiger partial charge in [-0.1, -0.05) is 32.9 Å². The number of benzene rings is 1. The minimum absolute atomic E-state index is 0.0159. The molecule has 0 saturated carbocycles. The summed E-state index contributed by atoms with van der Waals surface area (Å²) in [5.74, 6) is 1.04. The smallest absolute Gasteiger partial charge is 0.265 e. The van der Waals surface area contributed by atoms with Crippen LogP contribution in [-0.2, 0) is 16.1 Å². The number of hydrogen-bond donors (Lipinski definition) is 0. The summed E-state index contributed by atoms with van der Waals surface area (Å²) < 4.78 is 5.56. The van der Waals surface area contributed by atoms with Gasteiger partial charge in [-0.2, -0.15) is 0 Å². The van der Waals surface area contributed by atoms with E-state index in [4.69, 9.17) is 4.74 Å². The second-order valence-electron chi connectivity index (χ2n) is 9.02. The van der Waals surface area contributed by atoms with Gasteiger partial charge in [0.25, 0.3) is 5.91 Å². The van der Waals surface area contributed by atoms with Crippen molar-refractivity contribution in [3.63, 3.8) is 0 Å². The second kappa shape index (κ2) is 9.69. The van der Waals surface area contributed by atoms with E-state index in [9.17, 15) is 9.59 Å². The molecule has 3 heterocycles. The van der Waals surface area contributed by atoms with E-state index < -0.39 is 6.04 Å². The molecule has 7 heteroatoms. The topological polar surface area (TPSA) is 66.0 Å². The van der Waals surface area contributed by atoms with Crippen LogP contribution in [0.25, 0.3) is 0 Å². The molecule has 0 bridgehead atoms. The van der Waals surface area contributed by atoms with Crippen LogP contribution in [-0.4, -0.2) is 64.9 Å². The number of ether oxygens (including phenoxy) is 1. The number of aromatic nitrogens is 1. The first-order valence-electron chi connectivity index (χ1n) is 11.4. The van der Waals surface area contributed by atoms with Gasteiger partial charge in [-0.3, -0.25) is 24.4 Å².